The fraction of sp³-hybridized carbons (Fsp3) is 0.308. The lowest BCUT2D eigenvalue weighted by Crippen LogP contribution is -2.07. The smallest absolute Gasteiger partial charge is 0.132 e. The molecule has 2 heterocycles. The van der Waals surface area contributed by atoms with Gasteiger partial charge in [0.25, 0.3) is 0 Å². The molecule has 0 saturated carbocycles. The maximum Gasteiger partial charge on any atom is 0.132 e. The number of halogens is 2. The fourth-order valence-corrected chi connectivity index (χ4v) is 3.11. The van der Waals surface area contributed by atoms with E-state index in [0.29, 0.717) is 11.6 Å². The molecule has 1 N–H and O–H groups in total. The first-order chi connectivity index (χ1) is 8.74. The molecule has 1 aromatic heterocycles. The lowest BCUT2D eigenvalue weighted by atomic mass is 10.1. The summed E-state index contributed by atoms with van der Waals surface area (Å²) < 4.78 is 26.8. The van der Waals surface area contributed by atoms with Gasteiger partial charge in [0.2, 0.25) is 0 Å². The number of thiazole rings is 1. The van der Waals surface area contributed by atoms with Crippen LogP contribution in [0.15, 0.2) is 23.6 Å². The average Bonchev–Trinajstić information content (AvgIpc) is 3.00. The topological polar surface area (TPSA) is 24.9 Å². The molecule has 1 unspecified atom stereocenters. The van der Waals surface area contributed by atoms with E-state index in [-0.39, 0.29) is 5.56 Å². The first-order valence-electron chi connectivity index (χ1n) is 5.85. The Balaban J connectivity index is 1.94. The van der Waals surface area contributed by atoms with Gasteiger partial charge in [-0.1, -0.05) is 0 Å². The van der Waals surface area contributed by atoms with Crippen molar-refractivity contribution in [1.82, 2.24) is 10.3 Å². The monoisotopic (exact) mass is 266 g/mol. The van der Waals surface area contributed by atoms with Crippen molar-refractivity contribution in [3.05, 3.63) is 40.2 Å². The van der Waals surface area contributed by atoms with Crippen molar-refractivity contribution in [1.29, 1.82) is 0 Å². The summed E-state index contributed by atoms with van der Waals surface area (Å²) >= 11 is 1.52. The van der Waals surface area contributed by atoms with Gasteiger partial charge in [0, 0.05) is 23.4 Å². The van der Waals surface area contributed by atoms with E-state index in [0.717, 1.165) is 36.7 Å². The summed E-state index contributed by atoms with van der Waals surface area (Å²) in [5.74, 6) is -0.471. The quantitative estimate of drug-likeness (QED) is 0.903. The molecule has 0 aliphatic carbocycles. The minimum atomic E-state index is -0.441. The summed E-state index contributed by atoms with van der Waals surface area (Å²) in [7, 11) is 0. The van der Waals surface area contributed by atoms with Gasteiger partial charge in [-0.3, -0.25) is 0 Å². The third-order valence-corrected chi connectivity index (χ3v) is 4.14. The largest absolute Gasteiger partial charge is 0.316 e. The van der Waals surface area contributed by atoms with Gasteiger partial charge in [0.1, 0.15) is 11.6 Å². The predicted octanol–water partition coefficient (Wildman–Crippen LogP) is 3.17. The zero-order chi connectivity index (χ0) is 12.5. The van der Waals surface area contributed by atoms with Gasteiger partial charge in [0.05, 0.1) is 10.7 Å². The maximum atomic E-state index is 13.6. The zero-order valence-corrected chi connectivity index (χ0v) is 10.4. The molecule has 0 amide bonds. The van der Waals surface area contributed by atoms with E-state index >= 15 is 0 Å². The van der Waals surface area contributed by atoms with E-state index in [1.54, 1.807) is 5.38 Å². The Kier molecular flexibility index (Phi) is 3.09. The van der Waals surface area contributed by atoms with E-state index in [1.807, 2.05) is 0 Å². The van der Waals surface area contributed by atoms with Crippen LogP contribution in [0.5, 0.6) is 0 Å². The Hall–Kier alpha value is -1.33. The minimum Gasteiger partial charge on any atom is -0.316 e. The molecular weight excluding hydrogens is 254 g/mol. The average molecular weight is 266 g/mol. The van der Waals surface area contributed by atoms with Crippen LogP contribution in [0.25, 0.3) is 11.3 Å². The molecule has 0 spiro atoms. The molecule has 2 nitrogen and oxygen atoms in total. The van der Waals surface area contributed by atoms with Gasteiger partial charge in [-0.25, -0.2) is 13.8 Å². The molecule has 1 aliphatic heterocycles. The summed E-state index contributed by atoms with van der Waals surface area (Å²) in [5, 5.41) is 6.07. The number of hydrogen-bond acceptors (Lipinski definition) is 3. The van der Waals surface area contributed by atoms with Crippen LogP contribution in [0.3, 0.4) is 0 Å². The molecule has 3 rings (SSSR count). The summed E-state index contributed by atoms with van der Waals surface area (Å²) in [6.45, 7) is 1.91. The van der Waals surface area contributed by atoms with Gasteiger partial charge in [-0.2, -0.15) is 0 Å². The first kappa shape index (κ1) is 11.7. The number of benzene rings is 1. The highest BCUT2D eigenvalue weighted by atomic mass is 32.1. The molecular formula is C13H12F2N2S. The molecule has 5 heteroatoms. The summed E-state index contributed by atoms with van der Waals surface area (Å²) in [5.41, 5.74) is 0.766. The Bertz CT molecular complexity index is 562. The molecule has 1 atom stereocenters. The summed E-state index contributed by atoms with van der Waals surface area (Å²) in [4.78, 5) is 4.44. The highest BCUT2D eigenvalue weighted by Crippen LogP contribution is 2.30. The Morgan fingerprint density at radius 3 is 3.00 bits per heavy atom. The highest BCUT2D eigenvalue weighted by Gasteiger charge is 2.20. The third kappa shape index (κ3) is 2.15. The number of hydrogen-bond donors (Lipinski definition) is 1. The lowest BCUT2D eigenvalue weighted by Gasteiger charge is -2.02. The van der Waals surface area contributed by atoms with Gasteiger partial charge in [0.15, 0.2) is 0 Å². The molecule has 1 aliphatic rings. The number of nitrogens with one attached hydrogen (secondary N) is 1. The Morgan fingerprint density at radius 2 is 2.22 bits per heavy atom. The molecule has 1 fully saturated rings. The maximum absolute atomic E-state index is 13.6. The second kappa shape index (κ2) is 4.74. The molecule has 18 heavy (non-hydrogen) atoms. The Labute approximate surface area is 108 Å². The van der Waals surface area contributed by atoms with Crippen LogP contribution >= 0.6 is 11.3 Å². The second-order valence-electron chi connectivity index (χ2n) is 4.38. The molecule has 0 radical (unpaired) electrons. The van der Waals surface area contributed by atoms with Crippen molar-refractivity contribution < 1.29 is 8.78 Å². The first-order valence-corrected chi connectivity index (χ1v) is 6.73. The highest BCUT2D eigenvalue weighted by molar-refractivity contribution is 7.10. The molecule has 1 aromatic carbocycles. The van der Waals surface area contributed by atoms with Crippen LogP contribution in [-0.2, 0) is 0 Å². The minimum absolute atomic E-state index is 0.239. The normalized spacial score (nSPS) is 19.3. The van der Waals surface area contributed by atoms with Crippen LogP contribution in [0, 0.1) is 11.6 Å². The number of aromatic nitrogens is 1. The summed E-state index contributed by atoms with van der Waals surface area (Å²) in [6.07, 6.45) is 1.05. The molecule has 2 aromatic rings. The van der Waals surface area contributed by atoms with E-state index in [4.69, 9.17) is 0 Å². The second-order valence-corrected chi connectivity index (χ2v) is 5.27. The van der Waals surface area contributed by atoms with Crippen LogP contribution in [0.1, 0.15) is 17.3 Å². The van der Waals surface area contributed by atoms with E-state index in [1.165, 1.54) is 17.4 Å². The van der Waals surface area contributed by atoms with Crippen molar-refractivity contribution in [2.24, 2.45) is 0 Å². The van der Waals surface area contributed by atoms with Gasteiger partial charge in [-0.15, -0.1) is 11.3 Å². The van der Waals surface area contributed by atoms with E-state index in [2.05, 4.69) is 10.3 Å². The summed E-state index contributed by atoms with van der Waals surface area (Å²) in [6, 6.07) is 3.45. The van der Waals surface area contributed by atoms with Crippen molar-refractivity contribution in [3.8, 4) is 11.3 Å². The number of rotatable bonds is 2. The molecule has 94 valence electrons. The van der Waals surface area contributed by atoms with E-state index in [9.17, 15) is 8.78 Å². The van der Waals surface area contributed by atoms with Gasteiger partial charge < -0.3 is 5.32 Å². The lowest BCUT2D eigenvalue weighted by molar-refractivity contribution is 0.602. The van der Waals surface area contributed by atoms with Gasteiger partial charge in [-0.05, 0) is 31.2 Å². The van der Waals surface area contributed by atoms with E-state index < -0.39 is 11.6 Å². The van der Waals surface area contributed by atoms with Gasteiger partial charge >= 0.3 is 0 Å². The zero-order valence-electron chi connectivity index (χ0n) is 9.62. The molecule has 0 bridgehead atoms. The van der Waals surface area contributed by atoms with Crippen molar-refractivity contribution in [2.75, 3.05) is 13.1 Å². The van der Waals surface area contributed by atoms with Crippen LogP contribution in [-0.4, -0.2) is 18.1 Å². The van der Waals surface area contributed by atoms with Crippen molar-refractivity contribution in [2.45, 2.75) is 12.3 Å². The third-order valence-electron chi connectivity index (χ3n) is 3.14. The molecule has 1 saturated heterocycles. The SMILES string of the molecule is Fc1ccc(F)c(-c2csc(C3CCNC3)n2)c1. The van der Waals surface area contributed by atoms with Crippen LogP contribution in [0.4, 0.5) is 8.78 Å². The predicted molar refractivity (Wildman–Crippen MR) is 67.7 cm³/mol. The number of nitrogens with zero attached hydrogens (tertiary/aromatic N) is 1. The fourth-order valence-electron chi connectivity index (χ4n) is 2.16. The standard InChI is InChI=1S/C13H12F2N2S/c14-9-1-2-11(15)10(5-9)12-7-18-13(17-12)8-3-4-16-6-8/h1-2,5,7-8,16H,3-4,6H2. The van der Waals surface area contributed by atoms with Crippen molar-refractivity contribution >= 4 is 11.3 Å². The van der Waals surface area contributed by atoms with Crippen molar-refractivity contribution in [3.63, 3.8) is 0 Å². The van der Waals surface area contributed by atoms with Crippen LogP contribution in [0.2, 0.25) is 0 Å². The van der Waals surface area contributed by atoms with Crippen LogP contribution < -0.4 is 5.32 Å². The Morgan fingerprint density at radius 1 is 1.33 bits per heavy atom.